The summed E-state index contributed by atoms with van der Waals surface area (Å²) in [7, 11) is 0. The van der Waals surface area contributed by atoms with Crippen molar-refractivity contribution in [3.8, 4) is 5.75 Å². The van der Waals surface area contributed by atoms with Crippen LogP contribution in [0.5, 0.6) is 5.75 Å². The Balaban J connectivity index is 1.96. The Morgan fingerprint density at radius 3 is 2.33 bits per heavy atom. The Morgan fingerprint density at radius 1 is 1.17 bits per heavy atom. The van der Waals surface area contributed by atoms with Crippen LogP contribution >= 0.6 is 0 Å². The van der Waals surface area contributed by atoms with Crippen molar-refractivity contribution in [2.24, 2.45) is 5.92 Å². The predicted octanol–water partition coefficient (Wildman–Crippen LogP) is 4.01. The van der Waals surface area contributed by atoms with Crippen LogP contribution < -0.4 is 5.32 Å². The molecule has 0 aliphatic heterocycles. The van der Waals surface area contributed by atoms with E-state index in [2.05, 4.69) is 19.2 Å². The Morgan fingerprint density at radius 2 is 1.83 bits per heavy atom. The van der Waals surface area contributed by atoms with Crippen molar-refractivity contribution in [3.63, 3.8) is 0 Å². The molecule has 0 radical (unpaired) electrons. The molecule has 2 atom stereocenters. The number of rotatable bonds is 7. The topological polar surface area (TPSA) is 32.3 Å². The lowest BCUT2D eigenvalue weighted by Gasteiger charge is -2.24. The van der Waals surface area contributed by atoms with Gasteiger partial charge in [-0.3, -0.25) is 0 Å². The summed E-state index contributed by atoms with van der Waals surface area (Å²) in [6, 6.07) is 8.66. The number of hydrogen-bond acceptors (Lipinski definition) is 2. The maximum atomic E-state index is 9.35. The molecule has 0 spiro atoms. The molecule has 0 bridgehead atoms. The van der Waals surface area contributed by atoms with Crippen molar-refractivity contribution in [2.75, 3.05) is 0 Å². The van der Waals surface area contributed by atoms with Crippen LogP contribution in [0.4, 0.5) is 0 Å². The quantitative estimate of drug-likeness (QED) is 0.763. The van der Waals surface area contributed by atoms with Gasteiger partial charge in [0.05, 0.1) is 0 Å². The third-order valence-corrected chi connectivity index (χ3v) is 3.95. The summed E-state index contributed by atoms with van der Waals surface area (Å²) < 4.78 is 0. The van der Waals surface area contributed by atoms with Gasteiger partial charge in [0.2, 0.25) is 0 Å². The van der Waals surface area contributed by atoms with Crippen molar-refractivity contribution in [1.82, 2.24) is 5.32 Å². The van der Waals surface area contributed by atoms with Crippen molar-refractivity contribution in [2.45, 2.75) is 58.0 Å². The highest BCUT2D eigenvalue weighted by Gasteiger charge is 2.25. The van der Waals surface area contributed by atoms with Gasteiger partial charge in [0.15, 0.2) is 0 Å². The fraction of sp³-hybridized carbons (Fsp3) is 0.625. The molecule has 18 heavy (non-hydrogen) atoms. The van der Waals surface area contributed by atoms with Crippen LogP contribution in [-0.2, 0) is 0 Å². The molecule has 2 unspecified atom stereocenters. The second-order valence-electron chi connectivity index (χ2n) is 5.50. The molecule has 0 saturated heterocycles. The Hall–Kier alpha value is -1.02. The molecule has 0 amide bonds. The minimum Gasteiger partial charge on any atom is -0.508 e. The number of hydrogen-bond donors (Lipinski definition) is 2. The molecule has 0 aromatic heterocycles. The second-order valence-corrected chi connectivity index (χ2v) is 5.50. The maximum absolute atomic E-state index is 9.35. The van der Waals surface area contributed by atoms with Gasteiger partial charge < -0.3 is 10.4 Å². The molecule has 100 valence electrons. The fourth-order valence-corrected chi connectivity index (χ4v) is 2.55. The molecular weight excluding hydrogens is 222 g/mol. The maximum Gasteiger partial charge on any atom is 0.115 e. The van der Waals surface area contributed by atoms with Crippen molar-refractivity contribution in [1.29, 1.82) is 0 Å². The van der Waals surface area contributed by atoms with E-state index in [1.807, 2.05) is 12.1 Å². The van der Waals surface area contributed by atoms with Gasteiger partial charge >= 0.3 is 0 Å². The third-order valence-electron chi connectivity index (χ3n) is 3.95. The molecular formula is C16H25NO. The predicted molar refractivity (Wildman–Crippen MR) is 75.7 cm³/mol. The molecule has 0 heterocycles. The largest absolute Gasteiger partial charge is 0.508 e. The zero-order valence-corrected chi connectivity index (χ0v) is 11.5. The van der Waals surface area contributed by atoms with Crippen LogP contribution in [-0.4, -0.2) is 11.1 Å². The smallest absolute Gasteiger partial charge is 0.115 e. The molecule has 1 aromatic carbocycles. The zero-order valence-electron chi connectivity index (χ0n) is 11.5. The SMILES string of the molecule is CCC(CC1CC1)NC(CC)c1ccc(O)cc1. The number of phenolic OH excluding ortho intramolecular Hbond substituents is 1. The molecule has 1 aliphatic carbocycles. The Bertz CT molecular complexity index is 356. The number of phenols is 1. The molecule has 1 saturated carbocycles. The van der Waals surface area contributed by atoms with E-state index in [9.17, 15) is 5.11 Å². The lowest BCUT2D eigenvalue weighted by atomic mass is 10.0. The van der Waals surface area contributed by atoms with Crippen LogP contribution in [0.25, 0.3) is 0 Å². The van der Waals surface area contributed by atoms with E-state index >= 15 is 0 Å². The molecule has 2 heteroatoms. The van der Waals surface area contributed by atoms with E-state index in [1.165, 1.54) is 31.2 Å². The monoisotopic (exact) mass is 247 g/mol. The van der Waals surface area contributed by atoms with Crippen molar-refractivity contribution < 1.29 is 5.11 Å². The highest BCUT2D eigenvalue weighted by Crippen LogP contribution is 2.34. The summed E-state index contributed by atoms with van der Waals surface area (Å²) in [4.78, 5) is 0. The average Bonchev–Trinajstić information content (AvgIpc) is 3.19. The highest BCUT2D eigenvalue weighted by atomic mass is 16.3. The van der Waals surface area contributed by atoms with Gasteiger partial charge in [-0.2, -0.15) is 0 Å². The third kappa shape index (κ3) is 3.74. The summed E-state index contributed by atoms with van der Waals surface area (Å²) in [6.45, 7) is 4.48. The van der Waals surface area contributed by atoms with Gasteiger partial charge in [-0.1, -0.05) is 38.8 Å². The second kappa shape index (κ2) is 6.24. The first-order valence-corrected chi connectivity index (χ1v) is 7.27. The standard InChI is InChI=1S/C16H25NO/c1-3-14(11-12-5-6-12)17-16(4-2)13-7-9-15(18)10-8-13/h7-10,12,14,16-18H,3-6,11H2,1-2H3. The first kappa shape index (κ1) is 13.4. The lowest BCUT2D eigenvalue weighted by molar-refractivity contribution is 0.383. The Labute approximate surface area is 110 Å². The number of benzene rings is 1. The molecule has 1 aliphatic rings. The number of aromatic hydroxyl groups is 1. The van der Waals surface area contributed by atoms with Gasteiger partial charge in [-0.05, 0) is 42.9 Å². The summed E-state index contributed by atoms with van der Waals surface area (Å²) >= 11 is 0. The van der Waals surface area contributed by atoms with E-state index in [0.717, 1.165) is 12.3 Å². The highest BCUT2D eigenvalue weighted by molar-refractivity contribution is 5.28. The van der Waals surface area contributed by atoms with Crippen molar-refractivity contribution >= 4 is 0 Å². The van der Waals surface area contributed by atoms with Gasteiger partial charge in [-0.15, -0.1) is 0 Å². The molecule has 2 rings (SSSR count). The van der Waals surface area contributed by atoms with E-state index in [-0.39, 0.29) is 0 Å². The molecule has 1 fully saturated rings. The van der Waals surface area contributed by atoms with E-state index in [4.69, 9.17) is 0 Å². The van der Waals surface area contributed by atoms with Gasteiger partial charge in [-0.25, -0.2) is 0 Å². The summed E-state index contributed by atoms with van der Waals surface area (Å²) in [5.41, 5.74) is 1.28. The number of nitrogens with one attached hydrogen (secondary N) is 1. The summed E-state index contributed by atoms with van der Waals surface area (Å²) in [5.74, 6) is 1.32. The normalized spacial score (nSPS) is 18.6. The van der Waals surface area contributed by atoms with Crippen LogP contribution in [0.15, 0.2) is 24.3 Å². The van der Waals surface area contributed by atoms with E-state index in [0.29, 0.717) is 17.8 Å². The molecule has 1 aromatic rings. The molecule has 2 N–H and O–H groups in total. The Kier molecular flexibility index (Phi) is 4.65. The lowest BCUT2D eigenvalue weighted by Crippen LogP contribution is -2.32. The van der Waals surface area contributed by atoms with Crippen LogP contribution in [0, 0.1) is 5.92 Å². The first-order valence-electron chi connectivity index (χ1n) is 7.27. The van der Waals surface area contributed by atoms with Gasteiger partial charge in [0.25, 0.3) is 0 Å². The summed E-state index contributed by atoms with van der Waals surface area (Å²) in [6.07, 6.45) is 6.46. The molecule has 2 nitrogen and oxygen atoms in total. The van der Waals surface area contributed by atoms with Crippen LogP contribution in [0.1, 0.15) is 57.6 Å². The minimum absolute atomic E-state index is 0.346. The zero-order chi connectivity index (χ0) is 13.0. The first-order chi connectivity index (χ1) is 8.72. The van der Waals surface area contributed by atoms with Gasteiger partial charge in [0, 0.05) is 12.1 Å². The van der Waals surface area contributed by atoms with Crippen LogP contribution in [0.2, 0.25) is 0 Å². The van der Waals surface area contributed by atoms with Crippen LogP contribution in [0.3, 0.4) is 0 Å². The average molecular weight is 247 g/mol. The van der Waals surface area contributed by atoms with E-state index in [1.54, 1.807) is 12.1 Å². The van der Waals surface area contributed by atoms with Crippen molar-refractivity contribution in [3.05, 3.63) is 29.8 Å². The van der Waals surface area contributed by atoms with E-state index < -0.39 is 0 Å². The summed E-state index contributed by atoms with van der Waals surface area (Å²) in [5, 5.41) is 13.1. The minimum atomic E-state index is 0.346. The van der Waals surface area contributed by atoms with Gasteiger partial charge in [0.1, 0.15) is 5.75 Å². The fourth-order valence-electron chi connectivity index (χ4n) is 2.55.